The van der Waals surface area contributed by atoms with Crippen LogP contribution in [-0.4, -0.2) is 39.6 Å². The molecule has 4 N–H and O–H groups in total. The van der Waals surface area contributed by atoms with Crippen molar-refractivity contribution in [3.8, 4) is 0 Å². The monoisotopic (exact) mass is 503 g/mol. The van der Waals surface area contributed by atoms with Gasteiger partial charge in [-0.05, 0) is 92.8 Å². The predicted molar refractivity (Wildman–Crippen MR) is 139 cm³/mol. The molecule has 3 amide bonds. The molecule has 4 bridgehead atoms. The molecule has 5 fully saturated rings. The van der Waals surface area contributed by atoms with Crippen molar-refractivity contribution >= 4 is 17.7 Å². The first-order chi connectivity index (χ1) is 16.8. The maximum Gasteiger partial charge on any atom is 0.250 e. The molecule has 5 aliphatic rings. The van der Waals surface area contributed by atoms with Gasteiger partial charge in [0.15, 0.2) is 0 Å². The van der Waals surface area contributed by atoms with Crippen molar-refractivity contribution in [3.63, 3.8) is 0 Å². The molecule has 36 heavy (non-hydrogen) atoms. The van der Waals surface area contributed by atoms with Gasteiger partial charge in [-0.2, -0.15) is 0 Å². The van der Waals surface area contributed by atoms with Crippen LogP contribution >= 0.6 is 0 Å². The minimum atomic E-state index is -1.03. The molecule has 3 atom stereocenters. The first kappa shape index (κ1) is 27.4. The third-order valence-electron chi connectivity index (χ3n) is 9.68. The highest BCUT2D eigenvalue weighted by Gasteiger charge is 2.53. The Bertz CT molecular complexity index is 807. The molecule has 0 aromatic heterocycles. The van der Waals surface area contributed by atoms with E-state index in [2.05, 4.69) is 5.32 Å². The fraction of sp³-hybridized carbons (Fsp3) is 0.897. The van der Waals surface area contributed by atoms with Gasteiger partial charge in [-0.3, -0.25) is 19.6 Å². The molecule has 204 valence electrons. The van der Waals surface area contributed by atoms with Gasteiger partial charge in [0.05, 0.1) is 5.92 Å². The Morgan fingerprint density at radius 3 is 1.92 bits per heavy atom. The van der Waals surface area contributed by atoms with Crippen molar-refractivity contribution in [1.29, 1.82) is 0 Å². The lowest BCUT2D eigenvalue weighted by Crippen LogP contribution is -2.65. The van der Waals surface area contributed by atoms with Crippen LogP contribution in [-0.2, 0) is 14.4 Å². The van der Waals surface area contributed by atoms with E-state index in [0.717, 1.165) is 44.9 Å². The van der Waals surface area contributed by atoms with E-state index < -0.39 is 35.1 Å². The van der Waals surface area contributed by atoms with Crippen LogP contribution in [0.4, 0.5) is 0 Å². The molecule has 0 aromatic rings. The minimum Gasteiger partial charge on any atom is -0.369 e. The van der Waals surface area contributed by atoms with E-state index in [1.807, 2.05) is 34.6 Å². The summed E-state index contributed by atoms with van der Waals surface area (Å²) in [5.41, 5.74) is 4.94. The van der Waals surface area contributed by atoms with Crippen LogP contribution < -0.4 is 11.1 Å². The van der Waals surface area contributed by atoms with Gasteiger partial charge < -0.3 is 11.1 Å². The number of carbonyl (C=O) groups excluding carboxylic acids is 3. The molecule has 0 spiro atoms. The van der Waals surface area contributed by atoms with Gasteiger partial charge in [0.1, 0.15) is 6.04 Å². The van der Waals surface area contributed by atoms with Crippen molar-refractivity contribution in [2.75, 3.05) is 0 Å². The van der Waals surface area contributed by atoms with E-state index in [-0.39, 0.29) is 23.3 Å². The molecule has 5 rings (SSSR count). The molecule has 0 heterocycles. The van der Waals surface area contributed by atoms with Crippen LogP contribution in [0.1, 0.15) is 105 Å². The maximum absolute atomic E-state index is 14.0. The highest BCUT2D eigenvalue weighted by molar-refractivity contribution is 5.91. The molecule has 0 aromatic carbocycles. The number of hydrogen-bond donors (Lipinski definition) is 3. The zero-order valence-corrected chi connectivity index (χ0v) is 23.1. The van der Waals surface area contributed by atoms with Crippen LogP contribution in [0.3, 0.4) is 0 Å². The number of nitrogens with zero attached hydrogens (tertiary/aromatic N) is 1. The maximum atomic E-state index is 14.0. The summed E-state index contributed by atoms with van der Waals surface area (Å²) < 4.78 is 0. The summed E-state index contributed by atoms with van der Waals surface area (Å²) in [6.45, 7) is 9.69. The van der Waals surface area contributed by atoms with Crippen LogP contribution in [0.2, 0.25) is 0 Å². The first-order valence-electron chi connectivity index (χ1n) is 14.4. The summed E-state index contributed by atoms with van der Waals surface area (Å²) in [7, 11) is 0. The number of hydroxylamine groups is 2. The molecule has 0 unspecified atom stereocenters. The second-order valence-corrected chi connectivity index (χ2v) is 14.3. The topological polar surface area (TPSA) is 113 Å². The molecule has 0 aliphatic heterocycles. The Labute approximate surface area is 217 Å². The Kier molecular flexibility index (Phi) is 7.81. The van der Waals surface area contributed by atoms with Gasteiger partial charge >= 0.3 is 0 Å². The highest BCUT2D eigenvalue weighted by Crippen LogP contribution is 2.55. The predicted octanol–water partition coefficient (Wildman–Crippen LogP) is 4.66. The third-order valence-corrected chi connectivity index (χ3v) is 9.68. The van der Waals surface area contributed by atoms with Crippen molar-refractivity contribution in [2.45, 2.75) is 117 Å². The third kappa shape index (κ3) is 5.61. The normalized spacial score (nSPS) is 32.4. The summed E-state index contributed by atoms with van der Waals surface area (Å²) >= 11 is 0. The van der Waals surface area contributed by atoms with E-state index in [0.29, 0.717) is 29.2 Å². The molecule has 7 heteroatoms. The molecule has 5 aliphatic carbocycles. The van der Waals surface area contributed by atoms with Crippen molar-refractivity contribution < 1.29 is 19.6 Å². The van der Waals surface area contributed by atoms with Crippen molar-refractivity contribution in [2.24, 2.45) is 52.6 Å². The number of rotatable bonds is 9. The van der Waals surface area contributed by atoms with E-state index in [9.17, 15) is 19.6 Å². The van der Waals surface area contributed by atoms with Gasteiger partial charge in [0.2, 0.25) is 11.8 Å². The molecular formula is C29H49N3O4. The van der Waals surface area contributed by atoms with E-state index in [4.69, 9.17) is 5.73 Å². The Morgan fingerprint density at radius 1 is 1.00 bits per heavy atom. The zero-order chi connectivity index (χ0) is 26.4. The summed E-state index contributed by atoms with van der Waals surface area (Å²) in [4.78, 5) is 40.5. The number of amides is 3. The van der Waals surface area contributed by atoms with E-state index in [1.54, 1.807) is 0 Å². The number of nitrogens with one attached hydrogen (secondary N) is 1. The standard InChI is InChI=1S/C29H49N3O4/c1-17(2)10-22(25(30)33)23(21-8-6-7-9-21)27(35)32(36)24(28(3,4)5)26(34)31-29-14-18-11-19(15-29)13-20(12-18)16-29/h17-24,36H,6-16H2,1-5H3,(H2,30,33)(H,31,34)/t18?,19?,20?,22-,23+,24-,29?/m1/s1. The summed E-state index contributed by atoms with van der Waals surface area (Å²) in [6.07, 6.45) is 11.0. The number of primary amides is 1. The summed E-state index contributed by atoms with van der Waals surface area (Å²) in [5, 5.41) is 15.5. The quantitative estimate of drug-likeness (QED) is 0.314. The highest BCUT2D eigenvalue weighted by atomic mass is 16.5. The van der Waals surface area contributed by atoms with Crippen molar-refractivity contribution in [3.05, 3.63) is 0 Å². The Balaban J connectivity index is 1.58. The van der Waals surface area contributed by atoms with E-state index in [1.165, 1.54) is 19.3 Å². The summed E-state index contributed by atoms with van der Waals surface area (Å²) in [6, 6.07) is -1.03. The lowest BCUT2D eigenvalue weighted by molar-refractivity contribution is -0.198. The van der Waals surface area contributed by atoms with Crippen molar-refractivity contribution in [1.82, 2.24) is 10.4 Å². The molecule has 0 radical (unpaired) electrons. The van der Waals surface area contributed by atoms with E-state index >= 15 is 0 Å². The largest absolute Gasteiger partial charge is 0.369 e. The fourth-order valence-electron chi connectivity index (χ4n) is 8.71. The zero-order valence-electron chi connectivity index (χ0n) is 23.1. The van der Waals surface area contributed by atoms with Gasteiger partial charge in [0.25, 0.3) is 5.91 Å². The molecule has 0 saturated heterocycles. The lowest BCUT2D eigenvalue weighted by atomic mass is 9.53. The van der Waals surface area contributed by atoms with Crippen LogP contribution in [0.25, 0.3) is 0 Å². The Morgan fingerprint density at radius 2 is 1.50 bits per heavy atom. The average molecular weight is 504 g/mol. The SMILES string of the molecule is CC(C)C[C@@H](C(N)=O)[C@@H](C(=O)N(O)[C@H](C(=O)NC12CC3CC(CC(C3)C1)C2)C(C)(C)C)C1CCCC1. The van der Waals surface area contributed by atoms with Gasteiger partial charge in [-0.1, -0.05) is 47.5 Å². The van der Waals surface area contributed by atoms with Gasteiger partial charge in [-0.25, -0.2) is 5.06 Å². The molecular weight excluding hydrogens is 454 g/mol. The molecule has 7 nitrogen and oxygen atoms in total. The summed E-state index contributed by atoms with van der Waals surface area (Å²) in [5.74, 6) is -0.428. The lowest BCUT2D eigenvalue weighted by Gasteiger charge is -2.57. The van der Waals surface area contributed by atoms with Gasteiger partial charge in [-0.15, -0.1) is 0 Å². The number of nitrogens with two attached hydrogens (primary N) is 1. The number of carbonyl (C=O) groups is 3. The van der Waals surface area contributed by atoms with Gasteiger partial charge in [0, 0.05) is 11.5 Å². The fourth-order valence-corrected chi connectivity index (χ4v) is 8.71. The smallest absolute Gasteiger partial charge is 0.250 e. The first-order valence-corrected chi connectivity index (χ1v) is 14.4. The second kappa shape index (κ2) is 10.3. The van der Waals surface area contributed by atoms with Crippen LogP contribution in [0, 0.1) is 46.8 Å². The number of hydrogen-bond acceptors (Lipinski definition) is 4. The minimum absolute atomic E-state index is 0.00441. The second-order valence-electron chi connectivity index (χ2n) is 14.3. The Hall–Kier alpha value is -1.63. The molecule has 5 saturated carbocycles. The average Bonchev–Trinajstić information content (AvgIpc) is 3.24. The van der Waals surface area contributed by atoms with Crippen LogP contribution in [0.15, 0.2) is 0 Å². The van der Waals surface area contributed by atoms with Crippen LogP contribution in [0.5, 0.6) is 0 Å².